The van der Waals surface area contributed by atoms with Crippen molar-refractivity contribution in [1.29, 1.82) is 0 Å². The van der Waals surface area contributed by atoms with Crippen molar-refractivity contribution in [3.63, 3.8) is 0 Å². The first-order valence-corrected chi connectivity index (χ1v) is 10.1. The summed E-state index contributed by atoms with van der Waals surface area (Å²) in [5.41, 5.74) is 2.74. The minimum absolute atomic E-state index is 0.311. The van der Waals surface area contributed by atoms with Crippen LogP contribution in [-0.2, 0) is 21.2 Å². The Hall–Kier alpha value is -2.54. The standard InChI is InChI=1S/C19H24N2O4S/c1-5-15-10-8-9-14(2)19(15)21(26(4,23)24)13-18(22)20-16-11-6-7-12-17(16)25-3/h6-12H,5,13H2,1-4H3,(H,20,22). The lowest BCUT2D eigenvalue weighted by Gasteiger charge is -2.26. The number of nitrogens with one attached hydrogen (secondary N) is 1. The quantitative estimate of drug-likeness (QED) is 0.806. The first kappa shape index (κ1) is 19.8. The summed E-state index contributed by atoms with van der Waals surface area (Å²) in [6.07, 6.45) is 1.77. The second-order valence-electron chi connectivity index (χ2n) is 5.95. The highest BCUT2D eigenvalue weighted by molar-refractivity contribution is 7.92. The Balaban J connectivity index is 2.34. The highest BCUT2D eigenvalue weighted by atomic mass is 32.2. The number of hydrogen-bond donors (Lipinski definition) is 1. The van der Waals surface area contributed by atoms with E-state index in [0.717, 1.165) is 21.7 Å². The predicted molar refractivity (Wildman–Crippen MR) is 104 cm³/mol. The highest BCUT2D eigenvalue weighted by Crippen LogP contribution is 2.28. The van der Waals surface area contributed by atoms with Crippen molar-refractivity contribution < 1.29 is 17.9 Å². The summed E-state index contributed by atoms with van der Waals surface area (Å²) in [6, 6.07) is 12.6. The number of benzene rings is 2. The average Bonchev–Trinajstić information content (AvgIpc) is 2.59. The highest BCUT2D eigenvalue weighted by Gasteiger charge is 2.24. The van der Waals surface area contributed by atoms with Crippen LogP contribution in [0.15, 0.2) is 42.5 Å². The van der Waals surface area contributed by atoms with Crippen LogP contribution in [0.2, 0.25) is 0 Å². The zero-order chi connectivity index (χ0) is 19.3. The zero-order valence-electron chi connectivity index (χ0n) is 15.4. The normalized spacial score (nSPS) is 11.1. The van der Waals surface area contributed by atoms with E-state index in [1.165, 1.54) is 7.11 Å². The van der Waals surface area contributed by atoms with Crippen LogP contribution in [0.1, 0.15) is 18.1 Å². The minimum atomic E-state index is -3.63. The summed E-state index contributed by atoms with van der Waals surface area (Å²) >= 11 is 0. The van der Waals surface area contributed by atoms with Gasteiger partial charge in [0.1, 0.15) is 12.3 Å². The number of methoxy groups -OCH3 is 1. The SMILES string of the molecule is CCc1cccc(C)c1N(CC(=O)Nc1ccccc1OC)S(C)(=O)=O. The first-order valence-electron chi connectivity index (χ1n) is 8.27. The maximum absolute atomic E-state index is 12.5. The number of sulfonamides is 1. The molecule has 2 aromatic carbocycles. The summed E-state index contributed by atoms with van der Waals surface area (Å²) in [6.45, 7) is 3.48. The van der Waals surface area contributed by atoms with E-state index < -0.39 is 15.9 Å². The van der Waals surface area contributed by atoms with Gasteiger partial charge in [0.2, 0.25) is 15.9 Å². The number of rotatable bonds is 7. The number of anilines is 2. The molecule has 0 unspecified atom stereocenters. The third-order valence-corrected chi connectivity index (χ3v) is 5.13. The molecule has 0 fully saturated rings. The van der Waals surface area contributed by atoms with E-state index in [9.17, 15) is 13.2 Å². The monoisotopic (exact) mass is 376 g/mol. The summed E-state index contributed by atoms with van der Waals surface area (Å²) in [5, 5.41) is 2.72. The largest absolute Gasteiger partial charge is 0.495 e. The van der Waals surface area contributed by atoms with Crippen molar-refractivity contribution in [1.82, 2.24) is 0 Å². The summed E-state index contributed by atoms with van der Waals surface area (Å²) in [7, 11) is -2.13. The molecular weight excluding hydrogens is 352 g/mol. The van der Waals surface area contributed by atoms with Gasteiger partial charge >= 0.3 is 0 Å². The van der Waals surface area contributed by atoms with E-state index in [1.807, 2.05) is 32.0 Å². The number of para-hydroxylation sites is 3. The van der Waals surface area contributed by atoms with Gasteiger partial charge in [0.05, 0.1) is 24.7 Å². The molecule has 1 amide bonds. The molecule has 0 aliphatic carbocycles. The second kappa shape index (κ2) is 8.23. The van der Waals surface area contributed by atoms with E-state index in [2.05, 4.69) is 5.32 Å². The van der Waals surface area contributed by atoms with Gasteiger partial charge in [-0.05, 0) is 36.6 Å². The van der Waals surface area contributed by atoms with Crippen LogP contribution in [0.5, 0.6) is 5.75 Å². The number of aryl methyl sites for hydroxylation is 2. The molecule has 140 valence electrons. The molecule has 0 spiro atoms. The van der Waals surface area contributed by atoms with Gasteiger partial charge in [-0.25, -0.2) is 8.42 Å². The average molecular weight is 376 g/mol. The van der Waals surface area contributed by atoms with Crippen molar-refractivity contribution >= 4 is 27.3 Å². The molecule has 26 heavy (non-hydrogen) atoms. The molecule has 0 bridgehead atoms. The third-order valence-electron chi connectivity index (χ3n) is 4.02. The fourth-order valence-electron chi connectivity index (χ4n) is 2.79. The Morgan fingerprint density at radius 2 is 1.85 bits per heavy atom. The molecular formula is C19H24N2O4S. The fraction of sp³-hybridized carbons (Fsp3) is 0.316. The van der Waals surface area contributed by atoms with Gasteiger partial charge in [-0.1, -0.05) is 37.3 Å². The molecule has 0 aliphatic heterocycles. The summed E-state index contributed by atoms with van der Waals surface area (Å²) < 4.78 is 31.1. The van der Waals surface area contributed by atoms with Crippen molar-refractivity contribution in [3.8, 4) is 5.75 Å². The molecule has 6 nitrogen and oxygen atoms in total. The first-order chi connectivity index (χ1) is 12.3. The molecule has 0 atom stereocenters. The smallest absolute Gasteiger partial charge is 0.245 e. The van der Waals surface area contributed by atoms with Gasteiger partial charge in [-0.3, -0.25) is 9.10 Å². The van der Waals surface area contributed by atoms with Crippen molar-refractivity contribution in [2.75, 3.05) is 29.5 Å². The van der Waals surface area contributed by atoms with Crippen LogP contribution >= 0.6 is 0 Å². The van der Waals surface area contributed by atoms with E-state index in [4.69, 9.17) is 4.74 Å². The molecule has 1 N–H and O–H groups in total. The molecule has 0 aliphatic rings. The Bertz CT molecular complexity index is 894. The lowest BCUT2D eigenvalue weighted by atomic mass is 10.1. The fourth-order valence-corrected chi connectivity index (χ4v) is 3.74. The lowest BCUT2D eigenvalue weighted by Crippen LogP contribution is -2.38. The molecule has 2 rings (SSSR count). The predicted octanol–water partition coefficient (Wildman–Crippen LogP) is 2.97. The lowest BCUT2D eigenvalue weighted by molar-refractivity contribution is -0.114. The van der Waals surface area contributed by atoms with Gasteiger partial charge in [0.25, 0.3) is 0 Å². The number of carbonyl (C=O) groups excluding carboxylic acids is 1. The van der Waals surface area contributed by atoms with Crippen molar-refractivity contribution in [2.24, 2.45) is 0 Å². The van der Waals surface area contributed by atoms with E-state index in [1.54, 1.807) is 24.3 Å². The van der Waals surface area contributed by atoms with Crippen LogP contribution in [0, 0.1) is 6.92 Å². The van der Waals surface area contributed by atoms with Crippen LogP contribution in [0.25, 0.3) is 0 Å². The zero-order valence-corrected chi connectivity index (χ0v) is 16.3. The molecule has 0 radical (unpaired) electrons. The Morgan fingerprint density at radius 1 is 1.15 bits per heavy atom. The van der Waals surface area contributed by atoms with Gasteiger partial charge in [-0.15, -0.1) is 0 Å². The van der Waals surface area contributed by atoms with Crippen LogP contribution < -0.4 is 14.4 Å². The number of nitrogens with zero attached hydrogens (tertiary/aromatic N) is 1. The third kappa shape index (κ3) is 4.54. The second-order valence-corrected chi connectivity index (χ2v) is 7.86. The van der Waals surface area contributed by atoms with E-state index in [0.29, 0.717) is 23.5 Å². The van der Waals surface area contributed by atoms with Crippen molar-refractivity contribution in [2.45, 2.75) is 20.3 Å². The summed E-state index contributed by atoms with van der Waals surface area (Å²) in [4.78, 5) is 12.5. The van der Waals surface area contributed by atoms with Crippen LogP contribution in [0.4, 0.5) is 11.4 Å². The Labute approximate surface area is 154 Å². The number of amides is 1. The molecule has 0 saturated heterocycles. The minimum Gasteiger partial charge on any atom is -0.495 e. The van der Waals surface area contributed by atoms with Gasteiger partial charge in [0, 0.05) is 0 Å². The van der Waals surface area contributed by atoms with Gasteiger partial charge < -0.3 is 10.1 Å². The van der Waals surface area contributed by atoms with Crippen LogP contribution in [-0.4, -0.2) is 34.2 Å². The topological polar surface area (TPSA) is 75.7 Å². The van der Waals surface area contributed by atoms with Gasteiger partial charge in [-0.2, -0.15) is 0 Å². The van der Waals surface area contributed by atoms with Gasteiger partial charge in [0.15, 0.2) is 0 Å². The Morgan fingerprint density at radius 3 is 2.46 bits per heavy atom. The number of ether oxygens (including phenoxy) is 1. The number of hydrogen-bond acceptors (Lipinski definition) is 4. The molecule has 0 saturated carbocycles. The molecule has 0 heterocycles. The maximum Gasteiger partial charge on any atom is 0.245 e. The number of carbonyl (C=O) groups is 1. The van der Waals surface area contributed by atoms with E-state index >= 15 is 0 Å². The Kier molecular flexibility index (Phi) is 6.26. The molecule has 0 aromatic heterocycles. The summed E-state index contributed by atoms with van der Waals surface area (Å²) in [5.74, 6) is 0.0714. The van der Waals surface area contributed by atoms with Crippen LogP contribution in [0.3, 0.4) is 0 Å². The van der Waals surface area contributed by atoms with E-state index in [-0.39, 0.29) is 6.54 Å². The molecule has 7 heteroatoms. The maximum atomic E-state index is 12.5. The molecule has 2 aromatic rings. The van der Waals surface area contributed by atoms with Crippen molar-refractivity contribution in [3.05, 3.63) is 53.6 Å².